The summed E-state index contributed by atoms with van der Waals surface area (Å²) in [4.78, 5) is 0. The van der Waals surface area contributed by atoms with Gasteiger partial charge in [0.2, 0.25) is 0 Å². The van der Waals surface area contributed by atoms with Gasteiger partial charge in [-0.15, -0.1) is 0 Å². The summed E-state index contributed by atoms with van der Waals surface area (Å²) in [7, 11) is 0. The average molecular weight is 160 g/mol. The van der Waals surface area contributed by atoms with E-state index in [2.05, 4.69) is 12.6 Å². The standard InChI is InChI=1S/C11H12O/c1-8(2)11-7-9-5-3-4-6-10(9)12-11/h3-6,11H,1,7H2,2H3/t11-/m0/s1. The minimum absolute atomic E-state index is 0.197. The van der Waals surface area contributed by atoms with Crippen LogP contribution in [0.15, 0.2) is 36.4 Å². The third-order valence-electron chi connectivity index (χ3n) is 2.20. The topological polar surface area (TPSA) is 9.23 Å². The lowest BCUT2D eigenvalue weighted by Crippen LogP contribution is -2.12. The number of rotatable bonds is 1. The zero-order chi connectivity index (χ0) is 8.55. The first-order valence-electron chi connectivity index (χ1n) is 4.17. The Kier molecular flexibility index (Phi) is 1.65. The molecule has 0 saturated heterocycles. The van der Waals surface area contributed by atoms with E-state index >= 15 is 0 Å². The molecule has 1 heteroatoms. The molecule has 2 rings (SSSR count). The first-order chi connectivity index (χ1) is 5.77. The minimum atomic E-state index is 0.197. The molecule has 1 atom stereocenters. The lowest BCUT2D eigenvalue weighted by Gasteiger charge is -2.08. The molecule has 62 valence electrons. The second kappa shape index (κ2) is 2.67. The fourth-order valence-corrected chi connectivity index (χ4v) is 1.46. The quantitative estimate of drug-likeness (QED) is 0.574. The second-order valence-corrected chi connectivity index (χ2v) is 3.26. The highest BCUT2D eigenvalue weighted by Crippen LogP contribution is 2.30. The maximum atomic E-state index is 5.67. The van der Waals surface area contributed by atoms with Crippen molar-refractivity contribution in [3.63, 3.8) is 0 Å². The summed E-state index contributed by atoms with van der Waals surface area (Å²) < 4.78 is 5.67. The maximum absolute atomic E-state index is 5.67. The van der Waals surface area contributed by atoms with Gasteiger partial charge in [0.1, 0.15) is 11.9 Å². The van der Waals surface area contributed by atoms with Crippen LogP contribution in [0.4, 0.5) is 0 Å². The summed E-state index contributed by atoms with van der Waals surface area (Å²) in [6.07, 6.45) is 1.17. The fraction of sp³-hybridized carbons (Fsp3) is 0.273. The van der Waals surface area contributed by atoms with E-state index in [0.29, 0.717) is 0 Å². The van der Waals surface area contributed by atoms with Gasteiger partial charge in [0.15, 0.2) is 0 Å². The summed E-state index contributed by atoms with van der Waals surface area (Å²) >= 11 is 0. The van der Waals surface area contributed by atoms with Crippen molar-refractivity contribution in [2.24, 2.45) is 0 Å². The number of benzene rings is 1. The van der Waals surface area contributed by atoms with Crippen molar-refractivity contribution in [2.45, 2.75) is 19.4 Å². The van der Waals surface area contributed by atoms with Gasteiger partial charge < -0.3 is 4.74 Å². The lowest BCUT2D eigenvalue weighted by molar-refractivity contribution is 0.271. The summed E-state index contributed by atoms with van der Waals surface area (Å²) in [6, 6.07) is 8.17. The first kappa shape index (κ1) is 7.41. The summed E-state index contributed by atoms with van der Waals surface area (Å²) in [5.41, 5.74) is 2.40. The van der Waals surface area contributed by atoms with Crippen LogP contribution in [-0.4, -0.2) is 6.10 Å². The molecular formula is C11H12O. The van der Waals surface area contributed by atoms with Crippen LogP contribution >= 0.6 is 0 Å². The number of ether oxygens (including phenoxy) is 1. The fourth-order valence-electron chi connectivity index (χ4n) is 1.46. The van der Waals surface area contributed by atoms with Gasteiger partial charge in [-0.3, -0.25) is 0 Å². The van der Waals surface area contributed by atoms with Crippen LogP contribution in [0.1, 0.15) is 12.5 Å². The molecule has 0 spiro atoms. The molecule has 0 fully saturated rings. The van der Waals surface area contributed by atoms with Crippen molar-refractivity contribution >= 4 is 0 Å². The molecule has 0 bridgehead atoms. The van der Waals surface area contributed by atoms with Crippen LogP contribution in [0.3, 0.4) is 0 Å². The van der Waals surface area contributed by atoms with Crippen LogP contribution in [-0.2, 0) is 6.42 Å². The van der Waals surface area contributed by atoms with Gasteiger partial charge in [-0.2, -0.15) is 0 Å². The largest absolute Gasteiger partial charge is 0.485 e. The molecular weight excluding hydrogens is 148 g/mol. The van der Waals surface area contributed by atoms with Crippen LogP contribution in [0.2, 0.25) is 0 Å². The third kappa shape index (κ3) is 1.11. The van der Waals surface area contributed by atoms with Gasteiger partial charge in [0.25, 0.3) is 0 Å². The third-order valence-corrected chi connectivity index (χ3v) is 2.20. The molecule has 1 aliphatic rings. The van der Waals surface area contributed by atoms with Crippen molar-refractivity contribution in [1.82, 2.24) is 0 Å². The molecule has 0 N–H and O–H groups in total. The molecule has 0 saturated carbocycles. The first-order valence-corrected chi connectivity index (χ1v) is 4.17. The van der Waals surface area contributed by atoms with Crippen molar-refractivity contribution in [3.8, 4) is 5.75 Å². The van der Waals surface area contributed by atoms with Crippen LogP contribution in [0, 0.1) is 0 Å². The van der Waals surface area contributed by atoms with Gasteiger partial charge in [-0.1, -0.05) is 24.8 Å². The Morgan fingerprint density at radius 1 is 1.50 bits per heavy atom. The molecule has 1 aromatic rings. The highest BCUT2D eigenvalue weighted by Gasteiger charge is 2.22. The van der Waals surface area contributed by atoms with Crippen molar-refractivity contribution in [2.75, 3.05) is 0 Å². The highest BCUT2D eigenvalue weighted by molar-refractivity contribution is 5.39. The molecule has 0 aromatic heterocycles. The minimum Gasteiger partial charge on any atom is -0.485 e. The average Bonchev–Trinajstić information content (AvgIpc) is 2.46. The monoisotopic (exact) mass is 160 g/mol. The SMILES string of the molecule is C=C(C)[C@@H]1Cc2ccccc2O1. The van der Waals surface area contributed by atoms with E-state index in [1.807, 2.05) is 25.1 Å². The van der Waals surface area contributed by atoms with E-state index in [1.54, 1.807) is 0 Å². The molecule has 1 aromatic carbocycles. The smallest absolute Gasteiger partial charge is 0.123 e. The van der Waals surface area contributed by atoms with E-state index in [1.165, 1.54) is 5.56 Å². The van der Waals surface area contributed by atoms with E-state index < -0.39 is 0 Å². The Morgan fingerprint density at radius 2 is 2.25 bits per heavy atom. The predicted molar refractivity (Wildman–Crippen MR) is 49.4 cm³/mol. The summed E-state index contributed by atoms with van der Waals surface area (Å²) in [6.45, 7) is 5.91. The van der Waals surface area contributed by atoms with Crippen molar-refractivity contribution in [1.29, 1.82) is 0 Å². The van der Waals surface area contributed by atoms with E-state index in [4.69, 9.17) is 4.74 Å². The van der Waals surface area contributed by atoms with Crippen LogP contribution < -0.4 is 4.74 Å². The molecule has 1 nitrogen and oxygen atoms in total. The van der Waals surface area contributed by atoms with Gasteiger partial charge in [0.05, 0.1) is 0 Å². The molecule has 0 amide bonds. The molecule has 1 heterocycles. The maximum Gasteiger partial charge on any atom is 0.123 e. The number of hydrogen-bond acceptors (Lipinski definition) is 1. The van der Waals surface area contributed by atoms with E-state index in [-0.39, 0.29) is 6.10 Å². The van der Waals surface area contributed by atoms with Gasteiger partial charge in [-0.25, -0.2) is 0 Å². The van der Waals surface area contributed by atoms with Crippen LogP contribution in [0.5, 0.6) is 5.75 Å². The van der Waals surface area contributed by atoms with Gasteiger partial charge in [0, 0.05) is 6.42 Å². The normalized spacial score (nSPS) is 19.9. The molecule has 0 radical (unpaired) electrons. The van der Waals surface area contributed by atoms with Crippen LogP contribution in [0.25, 0.3) is 0 Å². The molecule has 0 unspecified atom stereocenters. The number of hydrogen-bond donors (Lipinski definition) is 0. The van der Waals surface area contributed by atoms with E-state index in [0.717, 1.165) is 17.7 Å². The Balaban J connectivity index is 2.27. The van der Waals surface area contributed by atoms with Crippen molar-refractivity contribution in [3.05, 3.63) is 42.0 Å². The van der Waals surface area contributed by atoms with Crippen molar-refractivity contribution < 1.29 is 4.74 Å². The Bertz CT molecular complexity index is 290. The summed E-state index contributed by atoms with van der Waals surface area (Å²) in [5.74, 6) is 1.02. The Labute approximate surface area is 72.7 Å². The highest BCUT2D eigenvalue weighted by atomic mass is 16.5. The van der Waals surface area contributed by atoms with Gasteiger partial charge >= 0.3 is 0 Å². The second-order valence-electron chi connectivity index (χ2n) is 3.26. The zero-order valence-electron chi connectivity index (χ0n) is 7.21. The van der Waals surface area contributed by atoms with Gasteiger partial charge in [-0.05, 0) is 24.1 Å². The molecule has 1 aliphatic heterocycles. The molecule has 12 heavy (non-hydrogen) atoms. The molecule has 0 aliphatic carbocycles. The lowest BCUT2D eigenvalue weighted by atomic mass is 10.1. The van der Waals surface area contributed by atoms with E-state index in [9.17, 15) is 0 Å². The summed E-state index contributed by atoms with van der Waals surface area (Å²) in [5, 5.41) is 0. The number of para-hydroxylation sites is 1. The Hall–Kier alpha value is -1.24. The zero-order valence-corrected chi connectivity index (χ0v) is 7.21. The Morgan fingerprint density at radius 3 is 2.92 bits per heavy atom. The predicted octanol–water partition coefficient (Wildman–Crippen LogP) is 2.57. The number of fused-ring (bicyclic) bond motifs is 1.